The highest BCUT2D eigenvalue weighted by molar-refractivity contribution is 5.78. The van der Waals surface area contributed by atoms with Crippen LogP contribution in [0, 0.1) is 13.8 Å². The predicted octanol–water partition coefficient (Wildman–Crippen LogP) is 2.34. The summed E-state index contributed by atoms with van der Waals surface area (Å²) in [5, 5.41) is 8.31. The van der Waals surface area contributed by atoms with Gasteiger partial charge in [0.25, 0.3) is 6.01 Å². The minimum atomic E-state index is 0.268. The zero-order valence-electron chi connectivity index (χ0n) is 14.1. The van der Waals surface area contributed by atoms with Crippen molar-refractivity contribution in [2.75, 3.05) is 18.0 Å². The van der Waals surface area contributed by atoms with E-state index in [1.54, 1.807) is 0 Å². The van der Waals surface area contributed by atoms with E-state index in [-0.39, 0.29) is 6.04 Å². The summed E-state index contributed by atoms with van der Waals surface area (Å²) in [6, 6.07) is 5.16. The van der Waals surface area contributed by atoms with Crippen LogP contribution in [-0.2, 0) is 6.54 Å². The second-order valence-corrected chi connectivity index (χ2v) is 6.56. The first-order chi connectivity index (χ1) is 11.6. The molecule has 126 valence electrons. The Morgan fingerprint density at radius 1 is 1.33 bits per heavy atom. The molecule has 2 aromatic heterocycles. The zero-order valence-corrected chi connectivity index (χ0v) is 14.1. The first-order valence-electron chi connectivity index (χ1n) is 8.37. The molecule has 0 radical (unpaired) electrons. The molecule has 1 aliphatic heterocycles. The van der Waals surface area contributed by atoms with Crippen molar-refractivity contribution >= 4 is 17.1 Å². The van der Waals surface area contributed by atoms with Gasteiger partial charge in [-0.25, -0.2) is 4.68 Å². The molecule has 4 rings (SSSR count). The average Bonchev–Trinajstić information content (AvgIpc) is 3.21. The number of hydrogen-bond donors (Lipinski definition) is 1. The molecule has 7 heteroatoms. The molecule has 0 spiro atoms. The maximum atomic E-state index is 6.05. The van der Waals surface area contributed by atoms with Gasteiger partial charge < -0.3 is 15.1 Å². The molecule has 3 aromatic rings. The Kier molecular flexibility index (Phi) is 3.72. The van der Waals surface area contributed by atoms with Crippen molar-refractivity contribution < 1.29 is 4.42 Å². The van der Waals surface area contributed by atoms with Gasteiger partial charge in [0.1, 0.15) is 5.52 Å². The molecule has 1 unspecified atom stereocenters. The number of rotatable bonds is 3. The van der Waals surface area contributed by atoms with Crippen LogP contribution in [0.2, 0.25) is 0 Å². The van der Waals surface area contributed by atoms with Gasteiger partial charge in [-0.05, 0) is 43.9 Å². The smallest absolute Gasteiger partial charge is 0.298 e. The predicted molar refractivity (Wildman–Crippen MR) is 91.9 cm³/mol. The van der Waals surface area contributed by atoms with Gasteiger partial charge in [-0.15, -0.1) is 5.10 Å². The van der Waals surface area contributed by atoms with Crippen molar-refractivity contribution in [3.63, 3.8) is 0 Å². The third-order valence-electron chi connectivity index (χ3n) is 4.62. The fourth-order valence-corrected chi connectivity index (χ4v) is 3.43. The van der Waals surface area contributed by atoms with Gasteiger partial charge >= 0.3 is 0 Å². The monoisotopic (exact) mass is 326 g/mol. The Bertz CT molecular complexity index is 867. The highest BCUT2D eigenvalue weighted by Crippen LogP contribution is 2.30. The van der Waals surface area contributed by atoms with E-state index in [1.165, 1.54) is 5.56 Å². The van der Waals surface area contributed by atoms with Crippen LogP contribution < -0.4 is 10.6 Å². The Balaban J connectivity index is 1.60. The normalized spacial score (nSPS) is 18.5. The van der Waals surface area contributed by atoms with Gasteiger partial charge in [-0.3, -0.25) is 0 Å². The largest absolute Gasteiger partial charge is 0.423 e. The minimum absolute atomic E-state index is 0.268. The van der Waals surface area contributed by atoms with E-state index >= 15 is 0 Å². The Hall–Kier alpha value is -2.41. The summed E-state index contributed by atoms with van der Waals surface area (Å²) in [5.41, 5.74) is 10.6. The molecule has 24 heavy (non-hydrogen) atoms. The van der Waals surface area contributed by atoms with E-state index in [1.807, 2.05) is 10.9 Å². The van der Waals surface area contributed by atoms with Crippen LogP contribution >= 0.6 is 0 Å². The number of anilines is 1. The lowest BCUT2D eigenvalue weighted by Gasteiger charge is -2.31. The Morgan fingerprint density at radius 3 is 3.00 bits per heavy atom. The molecule has 0 bridgehead atoms. The number of aromatic nitrogens is 4. The molecule has 1 saturated heterocycles. The van der Waals surface area contributed by atoms with Gasteiger partial charge in [-0.2, -0.15) is 4.98 Å². The SMILES string of the molecule is Cc1cc(C)c2oc(N3CCCC(n4cc(CN)nn4)C3)nc2c1. The molecular weight excluding hydrogens is 304 g/mol. The number of hydrogen-bond acceptors (Lipinski definition) is 6. The van der Waals surface area contributed by atoms with E-state index in [9.17, 15) is 0 Å². The summed E-state index contributed by atoms with van der Waals surface area (Å²) in [7, 11) is 0. The molecular formula is C17H22N6O. The fourth-order valence-electron chi connectivity index (χ4n) is 3.43. The van der Waals surface area contributed by atoms with Gasteiger partial charge in [-0.1, -0.05) is 11.3 Å². The molecule has 2 N–H and O–H groups in total. The Morgan fingerprint density at radius 2 is 2.21 bits per heavy atom. The number of aryl methyl sites for hydroxylation is 2. The minimum Gasteiger partial charge on any atom is -0.423 e. The van der Waals surface area contributed by atoms with E-state index in [0.717, 1.165) is 48.3 Å². The highest BCUT2D eigenvalue weighted by Gasteiger charge is 2.25. The van der Waals surface area contributed by atoms with Crippen LogP contribution in [0.25, 0.3) is 11.1 Å². The molecule has 0 amide bonds. The molecule has 7 nitrogen and oxygen atoms in total. The summed E-state index contributed by atoms with van der Waals surface area (Å²) in [4.78, 5) is 6.90. The van der Waals surface area contributed by atoms with E-state index < -0.39 is 0 Å². The van der Waals surface area contributed by atoms with Crippen LogP contribution in [-0.4, -0.2) is 33.1 Å². The van der Waals surface area contributed by atoms with Crippen molar-refractivity contribution in [3.8, 4) is 0 Å². The second kappa shape index (κ2) is 5.90. The standard InChI is InChI=1S/C17H22N6O/c1-11-6-12(2)16-15(7-11)19-17(24-16)22-5-3-4-14(10-22)23-9-13(8-18)20-21-23/h6-7,9,14H,3-5,8,10,18H2,1-2H3. The lowest BCUT2D eigenvalue weighted by Crippen LogP contribution is -2.37. The second-order valence-electron chi connectivity index (χ2n) is 6.56. The summed E-state index contributed by atoms with van der Waals surface area (Å²) < 4.78 is 7.98. The number of nitrogens with zero attached hydrogens (tertiary/aromatic N) is 5. The average molecular weight is 326 g/mol. The zero-order chi connectivity index (χ0) is 16.7. The molecule has 1 fully saturated rings. The van der Waals surface area contributed by atoms with Gasteiger partial charge in [0.2, 0.25) is 0 Å². The van der Waals surface area contributed by atoms with E-state index in [4.69, 9.17) is 15.1 Å². The number of piperidine rings is 1. The van der Waals surface area contributed by atoms with Crippen LogP contribution in [0.4, 0.5) is 6.01 Å². The third kappa shape index (κ3) is 2.65. The van der Waals surface area contributed by atoms with Gasteiger partial charge in [0, 0.05) is 19.6 Å². The first-order valence-corrected chi connectivity index (χ1v) is 8.37. The quantitative estimate of drug-likeness (QED) is 0.795. The summed E-state index contributed by atoms with van der Waals surface area (Å²) >= 11 is 0. The van der Waals surface area contributed by atoms with E-state index in [2.05, 4.69) is 41.2 Å². The molecule has 0 saturated carbocycles. The van der Waals surface area contributed by atoms with E-state index in [0.29, 0.717) is 12.6 Å². The molecule has 0 aliphatic carbocycles. The van der Waals surface area contributed by atoms with Crippen molar-refractivity contribution in [1.82, 2.24) is 20.0 Å². The first kappa shape index (κ1) is 15.1. The maximum absolute atomic E-state index is 6.05. The fraction of sp³-hybridized carbons (Fsp3) is 0.471. The summed E-state index contributed by atoms with van der Waals surface area (Å²) in [6.45, 7) is 6.32. The summed E-state index contributed by atoms with van der Waals surface area (Å²) in [6.07, 6.45) is 4.08. The van der Waals surface area contributed by atoms with Crippen LogP contribution in [0.3, 0.4) is 0 Å². The number of benzene rings is 1. The molecule has 1 aliphatic rings. The third-order valence-corrected chi connectivity index (χ3v) is 4.62. The van der Waals surface area contributed by atoms with Gasteiger partial charge in [0.05, 0.1) is 17.9 Å². The molecule has 1 atom stereocenters. The van der Waals surface area contributed by atoms with Gasteiger partial charge in [0.15, 0.2) is 5.58 Å². The van der Waals surface area contributed by atoms with Crippen LogP contribution in [0.1, 0.15) is 35.7 Å². The number of oxazole rings is 1. The van der Waals surface area contributed by atoms with Crippen molar-refractivity contribution in [2.45, 2.75) is 39.3 Å². The van der Waals surface area contributed by atoms with Crippen molar-refractivity contribution in [3.05, 3.63) is 35.2 Å². The van der Waals surface area contributed by atoms with Crippen molar-refractivity contribution in [2.24, 2.45) is 5.73 Å². The highest BCUT2D eigenvalue weighted by atomic mass is 16.4. The Labute approximate surface area is 140 Å². The lowest BCUT2D eigenvalue weighted by atomic mass is 10.1. The van der Waals surface area contributed by atoms with Crippen LogP contribution in [0.5, 0.6) is 0 Å². The number of nitrogens with two attached hydrogens (primary N) is 1. The summed E-state index contributed by atoms with van der Waals surface area (Å²) in [5.74, 6) is 0. The topological polar surface area (TPSA) is 86.0 Å². The maximum Gasteiger partial charge on any atom is 0.298 e. The van der Waals surface area contributed by atoms with Crippen LogP contribution in [0.15, 0.2) is 22.7 Å². The number of fused-ring (bicyclic) bond motifs is 1. The molecule has 1 aromatic carbocycles. The lowest BCUT2D eigenvalue weighted by molar-refractivity contribution is 0.357. The molecule has 3 heterocycles. The van der Waals surface area contributed by atoms with Crippen molar-refractivity contribution in [1.29, 1.82) is 0 Å².